The maximum atomic E-state index is 10.2. The van der Waals surface area contributed by atoms with Gasteiger partial charge in [0.05, 0.1) is 6.10 Å². The lowest BCUT2D eigenvalue weighted by atomic mass is 9.47. The van der Waals surface area contributed by atoms with Crippen molar-refractivity contribution in [2.75, 3.05) is 0 Å². The predicted octanol–water partition coefficient (Wildman–Crippen LogP) is 7.52. The van der Waals surface area contributed by atoms with Gasteiger partial charge < -0.3 is 5.11 Å². The number of fused-ring (bicyclic) bond motifs is 5. The van der Waals surface area contributed by atoms with Gasteiger partial charge in [-0.3, -0.25) is 0 Å². The SMILES string of the molecule is CC(Br)CCC[C@@H](C)[C@H]1CC[C@H]2[C@@H]3CC=C4C[C@@H](O)CC[C@]4(C)[C@H]3CC[C@]12C. The van der Waals surface area contributed by atoms with Crippen LogP contribution in [0.15, 0.2) is 11.6 Å². The van der Waals surface area contributed by atoms with E-state index in [1.807, 2.05) is 0 Å². The highest BCUT2D eigenvalue weighted by atomic mass is 79.9. The van der Waals surface area contributed by atoms with E-state index in [0.717, 1.165) is 42.4 Å². The molecular weight excluding hydrogens is 408 g/mol. The van der Waals surface area contributed by atoms with Gasteiger partial charge in [-0.15, -0.1) is 0 Å². The summed E-state index contributed by atoms with van der Waals surface area (Å²) in [7, 11) is 0. The average molecular weight is 452 g/mol. The van der Waals surface area contributed by atoms with Gasteiger partial charge in [0.25, 0.3) is 0 Å². The predicted molar refractivity (Wildman–Crippen MR) is 123 cm³/mol. The van der Waals surface area contributed by atoms with E-state index in [1.165, 1.54) is 57.8 Å². The molecule has 4 rings (SSSR count). The number of hydrogen-bond donors (Lipinski definition) is 1. The molecule has 0 aromatic carbocycles. The molecule has 0 bridgehead atoms. The highest BCUT2D eigenvalue weighted by molar-refractivity contribution is 9.09. The molecule has 0 radical (unpaired) electrons. The summed E-state index contributed by atoms with van der Waals surface area (Å²) < 4.78 is 0. The van der Waals surface area contributed by atoms with Crippen LogP contribution in [0.4, 0.5) is 0 Å². The second kappa shape index (κ2) is 8.03. The van der Waals surface area contributed by atoms with Crippen LogP contribution in [-0.2, 0) is 0 Å². The third-order valence-electron chi connectivity index (χ3n) is 10.1. The average Bonchev–Trinajstić information content (AvgIpc) is 2.99. The molecule has 0 amide bonds. The Labute approximate surface area is 182 Å². The van der Waals surface area contributed by atoms with E-state index in [9.17, 15) is 5.11 Å². The normalized spacial score (nSPS) is 47.5. The highest BCUT2D eigenvalue weighted by Crippen LogP contribution is 2.67. The maximum Gasteiger partial charge on any atom is 0.0577 e. The third kappa shape index (κ3) is 3.57. The molecule has 1 unspecified atom stereocenters. The Balaban J connectivity index is 1.49. The van der Waals surface area contributed by atoms with Crippen molar-refractivity contribution in [3.8, 4) is 0 Å². The summed E-state index contributed by atoms with van der Waals surface area (Å²) in [6.07, 6.45) is 16.9. The zero-order chi connectivity index (χ0) is 20.1. The lowest BCUT2D eigenvalue weighted by Gasteiger charge is -2.58. The number of rotatable bonds is 5. The summed E-state index contributed by atoms with van der Waals surface area (Å²) in [5, 5.41) is 10.2. The zero-order valence-electron chi connectivity index (χ0n) is 18.7. The summed E-state index contributed by atoms with van der Waals surface area (Å²) in [5.41, 5.74) is 2.58. The minimum atomic E-state index is -0.0799. The summed E-state index contributed by atoms with van der Waals surface area (Å²) in [4.78, 5) is 0.667. The molecule has 160 valence electrons. The Kier molecular flexibility index (Phi) is 6.14. The first-order valence-electron chi connectivity index (χ1n) is 12.3. The van der Waals surface area contributed by atoms with E-state index in [2.05, 4.69) is 49.7 Å². The Hall–Kier alpha value is 0.180. The summed E-state index contributed by atoms with van der Waals surface area (Å²) in [6.45, 7) is 10.1. The van der Waals surface area contributed by atoms with Gasteiger partial charge in [-0.05, 0) is 98.2 Å². The Morgan fingerprint density at radius 3 is 2.61 bits per heavy atom. The van der Waals surface area contributed by atoms with E-state index < -0.39 is 0 Å². The van der Waals surface area contributed by atoms with Gasteiger partial charge >= 0.3 is 0 Å². The van der Waals surface area contributed by atoms with Crippen molar-refractivity contribution >= 4 is 15.9 Å². The van der Waals surface area contributed by atoms with E-state index >= 15 is 0 Å². The van der Waals surface area contributed by atoms with Crippen molar-refractivity contribution in [1.82, 2.24) is 0 Å². The van der Waals surface area contributed by atoms with Crippen molar-refractivity contribution in [2.45, 2.75) is 109 Å². The first-order chi connectivity index (χ1) is 13.3. The number of halogens is 1. The molecule has 9 atom stereocenters. The van der Waals surface area contributed by atoms with Crippen molar-refractivity contribution < 1.29 is 5.11 Å². The van der Waals surface area contributed by atoms with Crippen LogP contribution in [0.25, 0.3) is 0 Å². The zero-order valence-corrected chi connectivity index (χ0v) is 20.3. The van der Waals surface area contributed by atoms with Gasteiger partial charge in [0.2, 0.25) is 0 Å². The van der Waals surface area contributed by atoms with Crippen molar-refractivity contribution in [3.63, 3.8) is 0 Å². The summed E-state index contributed by atoms with van der Waals surface area (Å²) >= 11 is 3.73. The van der Waals surface area contributed by atoms with E-state index in [-0.39, 0.29) is 6.10 Å². The highest BCUT2D eigenvalue weighted by Gasteiger charge is 2.59. The van der Waals surface area contributed by atoms with Crippen LogP contribution >= 0.6 is 15.9 Å². The molecule has 3 saturated carbocycles. The first-order valence-corrected chi connectivity index (χ1v) is 13.2. The molecule has 0 aromatic rings. The molecule has 0 spiro atoms. The number of aliphatic hydroxyl groups excluding tert-OH is 1. The second-order valence-electron chi connectivity index (χ2n) is 11.6. The van der Waals surface area contributed by atoms with Gasteiger partial charge in [0.15, 0.2) is 0 Å². The first kappa shape index (κ1) is 21.4. The van der Waals surface area contributed by atoms with Crippen molar-refractivity contribution in [2.24, 2.45) is 40.4 Å². The monoisotopic (exact) mass is 450 g/mol. The third-order valence-corrected chi connectivity index (χ3v) is 10.6. The molecule has 1 N–H and O–H groups in total. The number of alkyl halides is 1. The molecule has 0 aromatic heterocycles. The van der Waals surface area contributed by atoms with Crippen LogP contribution in [0.5, 0.6) is 0 Å². The standard InChI is InChI=1S/C26H43BrO/c1-17(6-5-7-18(2)27)22-10-11-23-21-9-8-19-16-20(28)12-14-25(19,3)24(21)13-15-26(22,23)4/h8,17-18,20-24,28H,5-7,9-16H2,1-4H3/t17-,18?,20+,21+,22-,23+,24+,25+,26-/m1/s1. The number of allylic oxidation sites excluding steroid dienone is 1. The fraction of sp³-hybridized carbons (Fsp3) is 0.923. The van der Waals surface area contributed by atoms with Crippen LogP contribution in [0, 0.1) is 40.4 Å². The van der Waals surface area contributed by atoms with Gasteiger partial charge in [0, 0.05) is 4.83 Å². The minimum Gasteiger partial charge on any atom is -0.393 e. The van der Waals surface area contributed by atoms with Gasteiger partial charge in [0.1, 0.15) is 0 Å². The van der Waals surface area contributed by atoms with Gasteiger partial charge in [-0.2, -0.15) is 0 Å². The van der Waals surface area contributed by atoms with Crippen LogP contribution in [0.2, 0.25) is 0 Å². The Bertz CT molecular complexity index is 597. The molecule has 3 fully saturated rings. The molecule has 0 aliphatic heterocycles. The van der Waals surface area contributed by atoms with Crippen LogP contribution < -0.4 is 0 Å². The second-order valence-corrected chi connectivity index (χ2v) is 13.1. The Morgan fingerprint density at radius 2 is 1.86 bits per heavy atom. The smallest absolute Gasteiger partial charge is 0.0577 e. The van der Waals surface area contributed by atoms with Crippen molar-refractivity contribution in [3.05, 3.63) is 11.6 Å². The molecule has 4 aliphatic rings. The number of aliphatic hydroxyl groups is 1. The molecule has 1 nitrogen and oxygen atoms in total. The minimum absolute atomic E-state index is 0.0799. The van der Waals surface area contributed by atoms with E-state index in [4.69, 9.17) is 0 Å². The van der Waals surface area contributed by atoms with Crippen LogP contribution in [0.1, 0.15) is 98.3 Å². The summed E-state index contributed by atoms with van der Waals surface area (Å²) in [5.74, 6) is 4.54. The van der Waals surface area contributed by atoms with Gasteiger partial charge in [-0.1, -0.05) is 68.1 Å². The van der Waals surface area contributed by atoms with Crippen molar-refractivity contribution in [1.29, 1.82) is 0 Å². The number of hydrogen-bond acceptors (Lipinski definition) is 1. The molecule has 2 heteroatoms. The van der Waals surface area contributed by atoms with Gasteiger partial charge in [-0.25, -0.2) is 0 Å². The molecule has 0 heterocycles. The fourth-order valence-corrected chi connectivity index (χ4v) is 8.86. The lowest BCUT2D eigenvalue weighted by Crippen LogP contribution is -2.50. The van der Waals surface area contributed by atoms with E-state index in [0.29, 0.717) is 15.7 Å². The topological polar surface area (TPSA) is 20.2 Å². The summed E-state index contributed by atoms with van der Waals surface area (Å²) in [6, 6.07) is 0. The maximum absolute atomic E-state index is 10.2. The lowest BCUT2D eigenvalue weighted by molar-refractivity contribution is -0.0572. The van der Waals surface area contributed by atoms with Crippen LogP contribution in [0.3, 0.4) is 0 Å². The Morgan fingerprint density at radius 1 is 1.07 bits per heavy atom. The molecule has 28 heavy (non-hydrogen) atoms. The molecular formula is C26H43BrO. The molecule has 0 saturated heterocycles. The largest absolute Gasteiger partial charge is 0.393 e. The van der Waals surface area contributed by atoms with E-state index in [1.54, 1.807) is 5.57 Å². The fourth-order valence-electron chi connectivity index (χ4n) is 8.54. The quantitative estimate of drug-likeness (QED) is 0.339. The van der Waals surface area contributed by atoms with Crippen LogP contribution in [-0.4, -0.2) is 16.0 Å². The molecule has 4 aliphatic carbocycles.